The van der Waals surface area contributed by atoms with Crippen LogP contribution < -0.4 is 4.74 Å². The van der Waals surface area contributed by atoms with Crippen molar-refractivity contribution in [2.75, 3.05) is 26.0 Å². The smallest absolute Gasteiger partial charge is 0.233 e. The van der Waals surface area contributed by atoms with Gasteiger partial charge in [-0.1, -0.05) is 17.8 Å². The minimum absolute atomic E-state index is 0.0554. The number of amides is 1. The fourth-order valence-electron chi connectivity index (χ4n) is 2.77. The Morgan fingerprint density at radius 1 is 1.36 bits per heavy atom. The van der Waals surface area contributed by atoms with Gasteiger partial charge in [-0.2, -0.15) is 4.68 Å². The number of morpholine rings is 1. The summed E-state index contributed by atoms with van der Waals surface area (Å²) in [7, 11) is 1.61. The lowest BCUT2D eigenvalue weighted by atomic mass is 10.2. The molecule has 0 saturated carbocycles. The van der Waals surface area contributed by atoms with Crippen molar-refractivity contribution < 1.29 is 14.3 Å². The summed E-state index contributed by atoms with van der Waals surface area (Å²) in [5.74, 6) is 1.06. The van der Waals surface area contributed by atoms with Crippen LogP contribution in [-0.4, -0.2) is 69.2 Å². The van der Waals surface area contributed by atoms with Crippen LogP contribution in [0.4, 0.5) is 0 Å². The van der Waals surface area contributed by atoms with E-state index in [0.717, 1.165) is 11.4 Å². The lowest BCUT2D eigenvalue weighted by Crippen LogP contribution is -2.48. The van der Waals surface area contributed by atoms with Crippen molar-refractivity contribution in [3.8, 4) is 11.4 Å². The average molecular weight is 363 g/mol. The van der Waals surface area contributed by atoms with Gasteiger partial charge in [-0.25, -0.2) is 0 Å². The molecule has 1 fully saturated rings. The van der Waals surface area contributed by atoms with Crippen molar-refractivity contribution >= 4 is 17.7 Å². The third kappa shape index (κ3) is 4.29. The number of aromatic nitrogens is 4. The van der Waals surface area contributed by atoms with Crippen LogP contribution in [0.5, 0.6) is 5.75 Å². The number of tetrazole rings is 1. The van der Waals surface area contributed by atoms with Gasteiger partial charge in [0.1, 0.15) is 5.75 Å². The molecule has 1 aromatic carbocycles. The Morgan fingerprint density at radius 3 is 2.84 bits per heavy atom. The van der Waals surface area contributed by atoms with Crippen LogP contribution in [-0.2, 0) is 9.53 Å². The maximum absolute atomic E-state index is 12.5. The summed E-state index contributed by atoms with van der Waals surface area (Å²) in [6, 6.07) is 7.45. The van der Waals surface area contributed by atoms with Crippen molar-refractivity contribution in [1.29, 1.82) is 0 Å². The Hall–Kier alpha value is -2.13. The summed E-state index contributed by atoms with van der Waals surface area (Å²) >= 11 is 1.32. The Balaban J connectivity index is 1.66. The number of nitrogens with zero attached hydrogens (tertiary/aromatic N) is 5. The molecule has 3 rings (SSSR count). The van der Waals surface area contributed by atoms with Crippen LogP contribution in [0.1, 0.15) is 13.8 Å². The molecule has 1 saturated heterocycles. The van der Waals surface area contributed by atoms with E-state index in [9.17, 15) is 4.79 Å². The topological polar surface area (TPSA) is 82.4 Å². The zero-order valence-electron chi connectivity index (χ0n) is 14.5. The molecular formula is C16H21N5O3S. The first-order valence-corrected chi connectivity index (χ1v) is 9.04. The van der Waals surface area contributed by atoms with Crippen molar-refractivity contribution in [1.82, 2.24) is 25.1 Å². The van der Waals surface area contributed by atoms with Crippen LogP contribution >= 0.6 is 11.8 Å². The first-order chi connectivity index (χ1) is 12.1. The molecule has 1 aliphatic rings. The molecule has 0 radical (unpaired) electrons. The molecule has 9 heteroatoms. The SMILES string of the molecule is COc1cccc(-n2nnnc2SCC(=O)N2C[C@@H](C)O[C@H](C)C2)c1. The van der Waals surface area contributed by atoms with Gasteiger partial charge in [-0.15, -0.1) is 5.10 Å². The quantitative estimate of drug-likeness (QED) is 0.743. The number of carbonyl (C=O) groups excluding carboxylic acids is 1. The van der Waals surface area contributed by atoms with Crippen LogP contribution in [0.3, 0.4) is 0 Å². The van der Waals surface area contributed by atoms with Gasteiger partial charge in [0.25, 0.3) is 0 Å². The van der Waals surface area contributed by atoms with E-state index < -0.39 is 0 Å². The van der Waals surface area contributed by atoms with Gasteiger partial charge in [0.15, 0.2) is 0 Å². The molecular weight excluding hydrogens is 342 g/mol. The number of rotatable bonds is 5. The summed E-state index contributed by atoms with van der Waals surface area (Å²) < 4.78 is 12.5. The van der Waals surface area contributed by atoms with Gasteiger partial charge in [-0.05, 0) is 36.4 Å². The summed E-state index contributed by atoms with van der Waals surface area (Å²) in [4.78, 5) is 14.3. The molecule has 25 heavy (non-hydrogen) atoms. The lowest BCUT2D eigenvalue weighted by Gasteiger charge is -2.35. The summed E-state index contributed by atoms with van der Waals surface area (Å²) in [5, 5.41) is 12.3. The normalized spacial score (nSPS) is 20.5. The molecule has 1 aromatic heterocycles. The third-order valence-electron chi connectivity index (χ3n) is 3.84. The highest BCUT2D eigenvalue weighted by molar-refractivity contribution is 7.99. The van der Waals surface area contributed by atoms with Gasteiger partial charge in [0.2, 0.25) is 11.1 Å². The van der Waals surface area contributed by atoms with E-state index in [1.54, 1.807) is 11.8 Å². The van der Waals surface area contributed by atoms with Crippen molar-refractivity contribution in [3.05, 3.63) is 24.3 Å². The minimum atomic E-state index is 0.0554. The van der Waals surface area contributed by atoms with Gasteiger partial charge in [0.05, 0.1) is 30.8 Å². The highest BCUT2D eigenvalue weighted by atomic mass is 32.2. The molecule has 2 aromatic rings. The molecule has 0 unspecified atom stereocenters. The Kier molecular flexibility index (Phi) is 5.54. The largest absolute Gasteiger partial charge is 0.497 e. The number of hydrogen-bond donors (Lipinski definition) is 0. The summed E-state index contributed by atoms with van der Waals surface area (Å²) in [6.45, 7) is 5.19. The molecule has 1 amide bonds. The molecule has 0 N–H and O–H groups in total. The minimum Gasteiger partial charge on any atom is -0.497 e. The van der Waals surface area contributed by atoms with E-state index in [-0.39, 0.29) is 23.9 Å². The fourth-order valence-corrected chi connectivity index (χ4v) is 3.57. The average Bonchev–Trinajstić information content (AvgIpc) is 3.07. The number of carbonyl (C=O) groups is 1. The summed E-state index contributed by atoms with van der Waals surface area (Å²) in [5.41, 5.74) is 0.785. The van der Waals surface area contributed by atoms with E-state index in [1.807, 2.05) is 43.0 Å². The Labute approximate surface area is 150 Å². The molecule has 0 aliphatic carbocycles. The fraction of sp³-hybridized carbons (Fsp3) is 0.500. The maximum atomic E-state index is 12.5. The van der Waals surface area contributed by atoms with E-state index in [0.29, 0.717) is 18.2 Å². The van der Waals surface area contributed by atoms with Gasteiger partial charge >= 0.3 is 0 Å². The highest BCUT2D eigenvalue weighted by Gasteiger charge is 2.26. The van der Waals surface area contributed by atoms with E-state index in [4.69, 9.17) is 9.47 Å². The predicted molar refractivity (Wildman–Crippen MR) is 93.0 cm³/mol. The molecule has 2 atom stereocenters. The molecule has 8 nitrogen and oxygen atoms in total. The predicted octanol–water partition coefficient (Wildman–Crippen LogP) is 1.40. The second-order valence-electron chi connectivity index (χ2n) is 5.92. The second-order valence-corrected chi connectivity index (χ2v) is 6.86. The molecule has 1 aliphatic heterocycles. The van der Waals surface area contributed by atoms with Crippen molar-refractivity contribution in [2.24, 2.45) is 0 Å². The number of methoxy groups -OCH3 is 1. The van der Waals surface area contributed by atoms with Gasteiger partial charge < -0.3 is 14.4 Å². The lowest BCUT2D eigenvalue weighted by molar-refractivity contribution is -0.140. The van der Waals surface area contributed by atoms with Gasteiger partial charge in [0, 0.05) is 19.2 Å². The van der Waals surface area contributed by atoms with E-state index in [2.05, 4.69) is 15.5 Å². The van der Waals surface area contributed by atoms with E-state index in [1.165, 1.54) is 11.8 Å². The molecule has 134 valence electrons. The Morgan fingerprint density at radius 2 is 2.12 bits per heavy atom. The molecule has 2 heterocycles. The first-order valence-electron chi connectivity index (χ1n) is 8.05. The number of hydrogen-bond acceptors (Lipinski definition) is 7. The van der Waals surface area contributed by atoms with Crippen LogP contribution in [0.2, 0.25) is 0 Å². The zero-order valence-corrected chi connectivity index (χ0v) is 15.3. The van der Waals surface area contributed by atoms with Crippen LogP contribution in [0, 0.1) is 0 Å². The molecule has 0 spiro atoms. The number of thioether (sulfide) groups is 1. The van der Waals surface area contributed by atoms with Gasteiger partial charge in [-0.3, -0.25) is 4.79 Å². The van der Waals surface area contributed by atoms with Crippen molar-refractivity contribution in [2.45, 2.75) is 31.2 Å². The number of benzene rings is 1. The monoisotopic (exact) mass is 363 g/mol. The van der Waals surface area contributed by atoms with Crippen LogP contribution in [0.25, 0.3) is 5.69 Å². The molecule has 0 bridgehead atoms. The van der Waals surface area contributed by atoms with Crippen molar-refractivity contribution in [3.63, 3.8) is 0 Å². The second kappa shape index (κ2) is 7.83. The van der Waals surface area contributed by atoms with E-state index >= 15 is 0 Å². The third-order valence-corrected chi connectivity index (χ3v) is 4.74. The zero-order chi connectivity index (χ0) is 17.8. The maximum Gasteiger partial charge on any atom is 0.233 e. The highest BCUT2D eigenvalue weighted by Crippen LogP contribution is 2.22. The standard InChI is InChI=1S/C16H21N5O3S/c1-11-8-20(9-12(2)24-11)15(22)10-25-16-17-18-19-21(16)13-5-4-6-14(7-13)23-3/h4-7,11-12H,8-10H2,1-3H3/t11-,12-/m1/s1. The first kappa shape index (κ1) is 17.7. The van der Waals surface area contributed by atoms with Crippen LogP contribution in [0.15, 0.2) is 29.4 Å². The Bertz CT molecular complexity index is 728. The summed E-state index contributed by atoms with van der Waals surface area (Å²) in [6.07, 6.45) is 0.111. The number of ether oxygens (including phenoxy) is 2.